The second kappa shape index (κ2) is 4.30. The predicted octanol–water partition coefficient (Wildman–Crippen LogP) is 0.758. The van der Waals surface area contributed by atoms with Crippen LogP contribution in [0.5, 0.6) is 0 Å². The van der Waals surface area contributed by atoms with Crippen molar-refractivity contribution >= 4 is 5.91 Å². The summed E-state index contributed by atoms with van der Waals surface area (Å²) < 4.78 is 0. The van der Waals surface area contributed by atoms with Crippen LogP contribution >= 0.6 is 0 Å². The Morgan fingerprint density at radius 3 is 2.57 bits per heavy atom. The lowest BCUT2D eigenvalue weighted by Crippen LogP contribution is -2.31. The van der Waals surface area contributed by atoms with Gasteiger partial charge in [-0.25, -0.2) is 0 Å². The van der Waals surface area contributed by atoms with Gasteiger partial charge in [-0.3, -0.25) is 4.79 Å². The molecule has 0 bridgehead atoms. The van der Waals surface area contributed by atoms with Gasteiger partial charge in [0.05, 0.1) is 0 Å². The Bertz CT molecular complexity index is 207. The molecule has 2 aliphatic rings. The van der Waals surface area contributed by atoms with Gasteiger partial charge in [-0.15, -0.1) is 0 Å². The van der Waals surface area contributed by atoms with Gasteiger partial charge in [0.1, 0.15) is 0 Å². The van der Waals surface area contributed by atoms with Crippen LogP contribution in [0.25, 0.3) is 0 Å². The molecular formula is C11H20N2O. The van der Waals surface area contributed by atoms with E-state index in [1.807, 2.05) is 7.05 Å². The van der Waals surface area contributed by atoms with Crippen molar-refractivity contribution < 1.29 is 4.79 Å². The van der Waals surface area contributed by atoms with Crippen molar-refractivity contribution in [2.24, 2.45) is 17.8 Å². The number of fused-ring (bicyclic) bond motifs is 1. The fraction of sp³-hybridized carbons (Fsp3) is 0.909. The molecule has 2 unspecified atom stereocenters. The molecule has 2 rings (SSSR count). The second-order valence-corrected chi connectivity index (χ2v) is 4.67. The highest BCUT2D eigenvalue weighted by molar-refractivity contribution is 5.79. The van der Waals surface area contributed by atoms with Crippen LogP contribution in [-0.4, -0.2) is 26.0 Å². The molecule has 2 atom stereocenters. The van der Waals surface area contributed by atoms with Crippen LogP contribution < -0.4 is 10.6 Å². The molecule has 0 aromatic carbocycles. The molecule has 0 aromatic heterocycles. The Morgan fingerprint density at radius 1 is 1.21 bits per heavy atom. The third-order valence-corrected chi connectivity index (χ3v) is 3.52. The van der Waals surface area contributed by atoms with Gasteiger partial charge in [-0.1, -0.05) is 0 Å². The number of hydrogen-bond donors (Lipinski definition) is 2. The van der Waals surface area contributed by atoms with Gasteiger partial charge in [-0.2, -0.15) is 0 Å². The minimum Gasteiger partial charge on any atom is -0.356 e. The van der Waals surface area contributed by atoms with E-state index >= 15 is 0 Å². The predicted molar refractivity (Wildman–Crippen MR) is 55.9 cm³/mol. The van der Waals surface area contributed by atoms with E-state index in [0.29, 0.717) is 11.8 Å². The molecule has 3 nitrogen and oxygen atoms in total. The Hall–Kier alpha value is -0.570. The summed E-state index contributed by atoms with van der Waals surface area (Å²) in [5, 5.41) is 6.10. The normalized spacial score (nSPS) is 33.9. The van der Waals surface area contributed by atoms with E-state index in [9.17, 15) is 4.79 Å². The Morgan fingerprint density at radius 2 is 1.93 bits per heavy atom. The Kier molecular flexibility index (Phi) is 3.06. The van der Waals surface area contributed by atoms with E-state index in [1.54, 1.807) is 0 Å². The van der Waals surface area contributed by atoms with Gasteiger partial charge in [0.25, 0.3) is 0 Å². The summed E-state index contributed by atoms with van der Waals surface area (Å²) in [6.07, 6.45) is 4.73. The zero-order valence-electron chi connectivity index (χ0n) is 8.88. The van der Waals surface area contributed by atoms with Gasteiger partial charge < -0.3 is 10.6 Å². The Balaban J connectivity index is 1.59. The van der Waals surface area contributed by atoms with Gasteiger partial charge in [0.2, 0.25) is 5.91 Å². The molecule has 14 heavy (non-hydrogen) atoms. The van der Waals surface area contributed by atoms with Crippen molar-refractivity contribution in [1.82, 2.24) is 10.6 Å². The van der Waals surface area contributed by atoms with Gasteiger partial charge >= 0.3 is 0 Å². The first-order chi connectivity index (χ1) is 6.81. The van der Waals surface area contributed by atoms with Crippen LogP contribution in [0.2, 0.25) is 0 Å². The van der Waals surface area contributed by atoms with Crippen LogP contribution in [0.15, 0.2) is 0 Å². The van der Waals surface area contributed by atoms with Crippen molar-refractivity contribution in [3.05, 3.63) is 0 Å². The lowest BCUT2D eigenvalue weighted by atomic mass is 10.0. The van der Waals surface area contributed by atoms with Crippen LogP contribution in [-0.2, 0) is 4.79 Å². The van der Waals surface area contributed by atoms with Crippen molar-refractivity contribution in [3.8, 4) is 0 Å². The zero-order chi connectivity index (χ0) is 9.97. The number of nitrogens with one attached hydrogen (secondary N) is 2. The van der Waals surface area contributed by atoms with Crippen LogP contribution in [0.4, 0.5) is 0 Å². The summed E-state index contributed by atoms with van der Waals surface area (Å²) in [5.41, 5.74) is 0. The lowest BCUT2D eigenvalue weighted by Gasteiger charge is -2.11. The fourth-order valence-electron chi connectivity index (χ4n) is 2.55. The van der Waals surface area contributed by atoms with Crippen LogP contribution in [0, 0.1) is 17.8 Å². The largest absolute Gasteiger partial charge is 0.356 e. The molecule has 2 fully saturated rings. The number of hydrogen-bond acceptors (Lipinski definition) is 2. The summed E-state index contributed by atoms with van der Waals surface area (Å²) in [4.78, 5) is 11.6. The molecule has 1 amide bonds. The van der Waals surface area contributed by atoms with Gasteiger partial charge in [-0.05, 0) is 51.1 Å². The van der Waals surface area contributed by atoms with Crippen LogP contribution in [0.1, 0.15) is 25.7 Å². The van der Waals surface area contributed by atoms with E-state index in [-0.39, 0.29) is 0 Å². The van der Waals surface area contributed by atoms with Crippen molar-refractivity contribution in [3.63, 3.8) is 0 Å². The number of rotatable bonds is 5. The molecule has 2 N–H and O–H groups in total. The summed E-state index contributed by atoms with van der Waals surface area (Å²) in [6.45, 7) is 1.81. The molecule has 0 radical (unpaired) electrons. The first kappa shape index (κ1) is 9.97. The average Bonchev–Trinajstić information content (AvgIpc) is 2.80. The Labute approximate surface area is 85.6 Å². The standard InChI is InChI=1S/C11H20N2O/c1-12-3-2-4-13-11(14)10-6-8-5-9(8)7-10/h8-10,12H,2-7H2,1H3,(H,13,14). The second-order valence-electron chi connectivity index (χ2n) is 4.67. The molecule has 0 aliphatic heterocycles. The molecule has 3 heteroatoms. The van der Waals surface area contributed by atoms with E-state index < -0.39 is 0 Å². The van der Waals surface area contributed by atoms with Crippen LogP contribution in [0.3, 0.4) is 0 Å². The monoisotopic (exact) mass is 196 g/mol. The summed E-state index contributed by atoms with van der Waals surface area (Å²) in [5.74, 6) is 2.45. The number of amides is 1. The maximum atomic E-state index is 11.6. The van der Waals surface area contributed by atoms with E-state index in [4.69, 9.17) is 0 Å². The van der Waals surface area contributed by atoms with Gasteiger partial charge in [0.15, 0.2) is 0 Å². The highest BCUT2D eigenvalue weighted by Crippen LogP contribution is 2.54. The molecule has 2 aliphatic carbocycles. The molecule has 2 saturated carbocycles. The van der Waals surface area contributed by atoms with Gasteiger partial charge in [0, 0.05) is 12.5 Å². The summed E-state index contributed by atoms with van der Waals surface area (Å²) in [7, 11) is 1.94. The minimum absolute atomic E-state index is 0.299. The number of carbonyl (C=O) groups is 1. The van der Waals surface area contributed by atoms with E-state index in [0.717, 1.165) is 44.2 Å². The molecule has 0 heterocycles. The third kappa shape index (κ3) is 2.27. The smallest absolute Gasteiger partial charge is 0.223 e. The van der Waals surface area contributed by atoms with E-state index in [2.05, 4.69) is 10.6 Å². The summed E-state index contributed by atoms with van der Waals surface area (Å²) in [6, 6.07) is 0. The fourth-order valence-corrected chi connectivity index (χ4v) is 2.55. The lowest BCUT2D eigenvalue weighted by molar-refractivity contribution is -0.125. The third-order valence-electron chi connectivity index (χ3n) is 3.52. The SMILES string of the molecule is CNCCCNC(=O)C1CC2CC2C1. The zero-order valence-corrected chi connectivity index (χ0v) is 8.88. The average molecular weight is 196 g/mol. The first-order valence-corrected chi connectivity index (χ1v) is 5.73. The maximum Gasteiger partial charge on any atom is 0.223 e. The highest BCUT2D eigenvalue weighted by Gasteiger charge is 2.47. The van der Waals surface area contributed by atoms with Crippen molar-refractivity contribution in [2.75, 3.05) is 20.1 Å². The van der Waals surface area contributed by atoms with Crippen molar-refractivity contribution in [1.29, 1.82) is 0 Å². The number of carbonyl (C=O) groups excluding carboxylic acids is 1. The molecule has 0 saturated heterocycles. The topological polar surface area (TPSA) is 41.1 Å². The molecule has 80 valence electrons. The maximum absolute atomic E-state index is 11.6. The minimum atomic E-state index is 0.299. The summed E-state index contributed by atoms with van der Waals surface area (Å²) >= 11 is 0. The van der Waals surface area contributed by atoms with E-state index in [1.165, 1.54) is 6.42 Å². The molecule has 0 spiro atoms. The molecular weight excluding hydrogens is 176 g/mol. The molecule has 0 aromatic rings. The first-order valence-electron chi connectivity index (χ1n) is 5.73. The van der Waals surface area contributed by atoms with Crippen molar-refractivity contribution in [2.45, 2.75) is 25.7 Å². The highest BCUT2D eigenvalue weighted by atomic mass is 16.1. The quantitative estimate of drug-likeness (QED) is 0.637.